The van der Waals surface area contributed by atoms with Crippen molar-refractivity contribution in [2.75, 3.05) is 6.54 Å². The third kappa shape index (κ3) is 1.80. The summed E-state index contributed by atoms with van der Waals surface area (Å²) in [7, 11) is 0. The Kier molecular flexibility index (Phi) is 2.36. The molecule has 1 aromatic rings. The van der Waals surface area contributed by atoms with Crippen LogP contribution in [0.1, 0.15) is 30.9 Å². The molecule has 0 unspecified atom stereocenters. The molecule has 1 aliphatic rings. The first-order chi connectivity index (χ1) is 6.97. The van der Waals surface area contributed by atoms with Crippen molar-refractivity contribution in [1.29, 1.82) is 0 Å². The molecule has 0 heterocycles. The first-order valence-corrected chi connectivity index (χ1v) is 5.47. The molecule has 2 heteroatoms. The Morgan fingerprint density at radius 3 is 2.53 bits per heavy atom. The van der Waals surface area contributed by atoms with Crippen LogP contribution in [-0.4, -0.2) is 17.3 Å². The lowest BCUT2D eigenvalue weighted by Gasteiger charge is -2.52. The van der Waals surface area contributed by atoms with Crippen molar-refractivity contribution in [2.24, 2.45) is 5.73 Å². The molecule has 15 heavy (non-hydrogen) atoms. The maximum atomic E-state index is 9.85. The number of hydrogen-bond acceptors (Lipinski definition) is 2. The lowest BCUT2D eigenvalue weighted by atomic mass is 9.56. The molecule has 0 saturated heterocycles. The second-order valence-electron chi connectivity index (χ2n) is 5.20. The van der Waals surface area contributed by atoms with E-state index in [1.165, 1.54) is 11.1 Å². The molecule has 3 N–H and O–H groups in total. The number of aliphatic hydroxyl groups is 1. The van der Waals surface area contributed by atoms with Gasteiger partial charge in [0.1, 0.15) is 0 Å². The van der Waals surface area contributed by atoms with Crippen molar-refractivity contribution in [3.8, 4) is 0 Å². The molecule has 0 aliphatic heterocycles. The van der Waals surface area contributed by atoms with Gasteiger partial charge in [-0.3, -0.25) is 0 Å². The predicted molar refractivity (Wildman–Crippen MR) is 61.8 cm³/mol. The fourth-order valence-electron chi connectivity index (χ4n) is 2.85. The number of aryl methyl sites for hydroxylation is 1. The smallest absolute Gasteiger partial charge is 0.0637 e. The third-order valence-corrected chi connectivity index (χ3v) is 3.46. The van der Waals surface area contributed by atoms with Crippen molar-refractivity contribution >= 4 is 0 Å². The van der Waals surface area contributed by atoms with E-state index >= 15 is 0 Å². The van der Waals surface area contributed by atoms with Gasteiger partial charge >= 0.3 is 0 Å². The van der Waals surface area contributed by atoms with E-state index in [1.807, 2.05) is 6.92 Å². The van der Waals surface area contributed by atoms with Crippen LogP contribution in [0.25, 0.3) is 0 Å². The Balaban J connectivity index is 2.29. The van der Waals surface area contributed by atoms with E-state index < -0.39 is 5.60 Å². The molecule has 0 spiro atoms. The molecule has 1 fully saturated rings. The Hall–Kier alpha value is -0.860. The predicted octanol–water partition coefficient (Wildman–Crippen LogP) is 1.74. The highest BCUT2D eigenvalue weighted by Gasteiger charge is 2.50. The van der Waals surface area contributed by atoms with Crippen LogP contribution in [0.15, 0.2) is 24.3 Å². The summed E-state index contributed by atoms with van der Waals surface area (Å²) in [5, 5.41) is 9.85. The number of nitrogens with two attached hydrogens (primary N) is 1. The monoisotopic (exact) mass is 205 g/mol. The minimum absolute atomic E-state index is 0.00944. The maximum absolute atomic E-state index is 9.85. The normalized spacial score (nSPS) is 34.9. The first-order valence-electron chi connectivity index (χ1n) is 5.47. The molecule has 2 rings (SSSR count). The zero-order valence-corrected chi connectivity index (χ0v) is 9.46. The van der Waals surface area contributed by atoms with Gasteiger partial charge in [0.2, 0.25) is 0 Å². The van der Waals surface area contributed by atoms with Crippen LogP contribution in [0.5, 0.6) is 0 Å². The van der Waals surface area contributed by atoms with Crippen LogP contribution < -0.4 is 5.73 Å². The summed E-state index contributed by atoms with van der Waals surface area (Å²) in [5.41, 5.74) is 7.88. The first kappa shape index (κ1) is 10.7. The molecular weight excluding hydrogens is 186 g/mol. The van der Waals surface area contributed by atoms with E-state index in [4.69, 9.17) is 5.73 Å². The molecular formula is C13H19NO. The fourth-order valence-corrected chi connectivity index (χ4v) is 2.85. The van der Waals surface area contributed by atoms with E-state index in [2.05, 4.69) is 31.2 Å². The Labute approximate surface area is 91.1 Å². The van der Waals surface area contributed by atoms with Crippen LogP contribution in [-0.2, 0) is 5.41 Å². The lowest BCUT2D eigenvalue weighted by molar-refractivity contribution is -0.0726. The van der Waals surface area contributed by atoms with Gasteiger partial charge in [-0.25, -0.2) is 0 Å². The van der Waals surface area contributed by atoms with E-state index in [9.17, 15) is 5.11 Å². The third-order valence-electron chi connectivity index (χ3n) is 3.46. The van der Waals surface area contributed by atoms with E-state index in [-0.39, 0.29) is 5.41 Å². The van der Waals surface area contributed by atoms with Crippen LogP contribution in [0.3, 0.4) is 0 Å². The molecule has 0 amide bonds. The van der Waals surface area contributed by atoms with Crippen molar-refractivity contribution in [2.45, 2.75) is 37.7 Å². The van der Waals surface area contributed by atoms with E-state index in [0.717, 1.165) is 12.8 Å². The lowest BCUT2D eigenvalue weighted by Crippen LogP contribution is -2.56. The molecule has 0 atom stereocenters. The summed E-state index contributed by atoms with van der Waals surface area (Å²) in [6.45, 7) is 4.59. The zero-order valence-electron chi connectivity index (χ0n) is 9.46. The topological polar surface area (TPSA) is 46.2 Å². The number of hydrogen-bond donors (Lipinski definition) is 2. The van der Waals surface area contributed by atoms with Crippen LogP contribution in [0, 0.1) is 6.92 Å². The highest BCUT2D eigenvalue weighted by atomic mass is 16.3. The summed E-state index contributed by atoms with van der Waals surface area (Å²) in [6, 6.07) is 8.46. The average molecular weight is 205 g/mol. The SMILES string of the molecule is Cc1cccc(C2(CN)CC(C)(O)C2)c1. The summed E-state index contributed by atoms with van der Waals surface area (Å²) in [6.07, 6.45) is 1.56. The molecule has 0 aromatic heterocycles. The van der Waals surface area contributed by atoms with Crippen LogP contribution >= 0.6 is 0 Å². The molecule has 82 valence electrons. The maximum Gasteiger partial charge on any atom is 0.0637 e. The minimum atomic E-state index is -0.525. The molecule has 1 saturated carbocycles. The van der Waals surface area contributed by atoms with Gasteiger partial charge in [0, 0.05) is 12.0 Å². The van der Waals surface area contributed by atoms with Gasteiger partial charge in [-0.05, 0) is 32.3 Å². The highest BCUT2D eigenvalue weighted by Crippen LogP contribution is 2.49. The Morgan fingerprint density at radius 1 is 1.40 bits per heavy atom. The number of rotatable bonds is 2. The highest BCUT2D eigenvalue weighted by molar-refractivity contribution is 5.34. The standard InChI is InChI=1S/C13H19NO/c1-10-4-3-5-11(6-10)13(9-14)7-12(2,15)8-13/h3-6,15H,7-9,14H2,1-2H3. The quantitative estimate of drug-likeness (QED) is 0.772. The summed E-state index contributed by atoms with van der Waals surface area (Å²) < 4.78 is 0. The fraction of sp³-hybridized carbons (Fsp3) is 0.538. The van der Waals surface area contributed by atoms with Crippen LogP contribution in [0.2, 0.25) is 0 Å². The van der Waals surface area contributed by atoms with Crippen LogP contribution in [0.4, 0.5) is 0 Å². The second-order valence-corrected chi connectivity index (χ2v) is 5.20. The van der Waals surface area contributed by atoms with Gasteiger partial charge in [-0.15, -0.1) is 0 Å². The molecule has 0 bridgehead atoms. The largest absolute Gasteiger partial charge is 0.390 e. The zero-order chi connectivity index (χ0) is 11.1. The van der Waals surface area contributed by atoms with Gasteiger partial charge in [0.05, 0.1) is 5.60 Å². The van der Waals surface area contributed by atoms with Gasteiger partial charge in [0.15, 0.2) is 0 Å². The van der Waals surface area contributed by atoms with Gasteiger partial charge in [-0.2, -0.15) is 0 Å². The van der Waals surface area contributed by atoms with E-state index in [0.29, 0.717) is 6.54 Å². The van der Waals surface area contributed by atoms with Crippen molar-refractivity contribution < 1.29 is 5.11 Å². The van der Waals surface area contributed by atoms with Gasteiger partial charge in [-0.1, -0.05) is 29.8 Å². The molecule has 0 radical (unpaired) electrons. The summed E-state index contributed by atoms with van der Waals surface area (Å²) >= 11 is 0. The Morgan fingerprint density at radius 2 is 2.07 bits per heavy atom. The summed E-state index contributed by atoms with van der Waals surface area (Å²) in [5.74, 6) is 0. The Bertz CT molecular complexity index is 363. The van der Waals surface area contributed by atoms with Gasteiger partial charge < -0.3 is 10.8 Å². The van der Waals surface area contributed by atoms with Gasteiger partial charge in [0.25, 0.3) is 0 Å². The second kappa shape index (κ2) is 3.32. The molecule has 2 nitrogen and oxygen atoms in total. The van der Waals surface area contributed by atoms with Crippen molar-refractivity contribution in [3.63, 3.8) is 0 Å². The molecule has 1 aliphatic carbocycles. The number of benzene rings is 1. The average Bonchev–Trinajstić information content (AvgIpc) is 2.13. The minimum Gasteiger partial charge on any atom is -0.390 e. The van der Waals surface area contributed by atoms with E-state index in [1.54, 1.807) is 0 Å². The molecule has 1 aromatic carbocycles. The summed E-state index contributed by atoms with van der Waals surface area (Å²) in [4.78, 5) is 0. The van der Waals surface area contributed by atoms with Crippen molar-refractivity contribution in [3.05, 3.63) is 35.4 Å². The van der Waals surface area contributed by atoms with Crippen molar-refractivity contribution in [1.82, 2.24) is 0 Å².